The third-order valence-corrected chi connectivity index (χ3v) is 3.47. The number of nitriles is 1. The van der Waals surface area contributed by atoms with Gasteiger partial charge in [-0.25, -0.2) is 4.79 Å². The lowest BCUT2D eigenvalue weighted by Crippen LogP contribution is -2.20. The van der Waals surface area contributed by atoms with Crippen LogP contribution in [0.25, 0.3) is 0 Å². The summed E-state index contributed by atoms with van der Waals surface area (Å²) in [6, 6.07) is 15.6. The van der Waals surface area contributed by atoms with Crippen molar-refractivity contribution >= 4 is 17.6 Å². The first kappa shape index (κ1) is 18.2. The van der Waals surface area contributed by atoms with Gasteiger partial charge < -0.3 is 10.1 Å². The number of anilines is 1. The standard InChI is InChI=1S/C20H20N2O3/c1-14(2)11-15-3-7-17(8-4-15)20(24)25-13-19(23)22-18-9-5-16(12-21)6-10-18/h3-10,14H,11,13H2,1-2H3,(H,22,23). The molecule has 2 aromatic rings. The fourth-order valence-electron chi connectivity index (χ4n) is 2.29. The monoisotopic (exact) mass is 336 g/mol. The Morgan fingerprint density at radius 2 is 1.72 bits per heavy atom. The smallest absolute Gasteiger partial charge is 0.338 e. The molecular weight excluding hydrogens is 316 g/mol. The second-order valence-electron chi connectivity index (χ2n) is 6.11. The highest BCUT2D eigenvalue weighted by atomic mass is 16.5. The van der Waals surface area contributed by atoms with Crippen LogP contribution in [-0.2, 0) is 16.0 Å². The molecule has 0 bridgehead atoms. The summed E-state index contributed by atoms with van der Waals surface area (Å²) in [5, 5.41) is 11.3. The lowest BCUT2D eigenvalue weighted by Gasteiger charge is -2.08. The van der Waals surface area contributed by atoms with Gasteiger partial charge in [0.2, 0.25) is 0 Å². The van der Waals surface area contributed by atoms with E-state index in [1.54, 1.807) is 36.4 Å². The van der Waals surface area contributed by atoms with Crippen molar-refractivity contribution in [3.63, 3.8) is 0 Å². The molecule has 0 aromatic heterocycles. The summed E-state index contributed by atoms with van der Waals surface area (Å²) in [6.07, 6.45) is 0.947. The fraction of sp³-hybridized carbons (Fsp3) is 0.250. The molecule has 0 radical (unpaired) electrons. The Hall–Kier alpha value is -3.13. The molecule has 0 unspecified atom stereocenters. The third-order valence-electron chi connectivity index (χ3n) is 3.47. The number of hydrogen-bond acceptors (Lipinski definition) is 4. The van der Waals surface area contributed by atoms with Crippen LogP contribution in [0.4, 0.5) is 5.69 Å². The van der Waals surface area contributed by atoms with Gasteiger partial charge in [0.25, 0.3) is 5.91 Å². The van der Waals surface area contributed by atoms with Gasteiger partial charge in [0.15, 0.2) is 6.61 Å². The Labute approximate surface area is 147 Å². The minimum atomic E-state index is -0.536. The summed E-state index contributed by atoms with van der Waals surface area (Å²) in [5.41, 5.74) is 2.62. The van der Waals surface area contributed by atoms with Gasteiger partial charge in [-0.1, -0.05) is 26.0 Å². The Balaban J connectivity index is 1.84. The van der Waals surface area contributed by atoms with Gasteiger partial charge in [0, 0.05) is 5.69 Å². The van der Waals surface area contributed by atoms with Crippen molar-refractivity contribution in [3.05, 3.63) is 65.2 Å². The largest absolute Gasteiger partial charge is 0.452 e. The first-order valence-corrected chi connectivity index (χ1v) is 8.04. The van der Waals surface area contributed by atoms with Gasteiger partial charge in [0.1, 0.15) is 0 Å². The summed E-state index contributed by atoms with van der Waals surface area (Å²) < 4.78 is 5.02. The van der Waals surface area contributed by atoms with Crippen molar-refractivity contribution in [1.29, 1.82) is 5.26 Å². The third kappa shape index (κ3) is 5.78. The van der Waals surface area contributed by atoms with Gasteiger partial charge in [-0.15, -0.1) is 0 Å². The summed E-state index contributed by atoms with van der Waals surface area (Å²) >= 11 is 0. The Morgan fingerprint density at radius 1 is 1.08 bits per heavy atom. The summed E-state index contributed by atoms with van der Waals surface area (Å²) in [4.78, 5) is 23.8. The number of rotatable bonds is 6. The number of hydrogen-bond donors (Lipinski definition) is 1. The average molecular weight is 336 g/mol. The van der Waals surface area contributed by atoms with Gasteiger partial charge in [-0.2, -0.15) is 5.26 Å². The van der Waals surface area contributed by atoms with Gasteiger partial charge in [-0.3, -0.25) is 4.79 Å². The predicted molar refractivity (Wildman–Crippen MR) is 95.1 cm³/mol. The number of carbonyl (C=O) groups excluding carboxylic acids is 2. The molecule has 0 heterocycles. The highest BCUT2D eigenvalue weighted by Gasteiger charge is 2.10. The van der Waals surface area contributed by atoms with Crippen molar-refractivity contribution in [2.24, 2.45) is 5.92 Å². The zero-order valence-corrected chi connectivity index (χ0v) is 14.3. The summed E-state index contributed by atoms with van der Waals surface area (Å²) in [5.74, 6) is -0.427. The molecule has 0 aliphatic rings. The zero-order valence-electron chi connectivity index (χ0n) is 14.3. The highest BCUT2D eigenvalue weighted by molar-refractivity contribution is 5.95. The van der Waals surface area contributed by atoms with E-state index in [9.17, 15) is 9.59 Å². The van der Waals surface area contributed by atoms with E-state index in [0.29, 0.717) is 22.7 Å². The van der Waals surface area contributed by atoms with Crippen LogP contribution >= 0.6 is 0 Å². The van der Waals surface area contributed by atoms with E-state index in [0.717, 1.165) is 12.0 Å². The van der Waals surface area contributed by atoms with E-state index in [1.807, 2.05) is 18.2 Å². The van der Waals surface area contributed by atoms with Crippen LogP contribution in [0, 0.1) is 17.2 Å². The van der Waals surface area contributed by atoms with E-state index in [1.165, 1.54) is 0 Å². The number of esters is 1. The molecule has 5 nitrogen and oxygen atoms in total. The van der Waals surface area contributed by atoms with Crippen molar-refractivity contribution < 1.29 is 14.3 Å². The lowest BCUT2D eigenvalue weighted by atomic mass is 10.0. The summed E-state index contributed by atoms with van der Waals surface area (Å²) in [7, 11) is 0. The molecule has 1 amide bonds. The van der Waals surface area contributed by atoms with Crippen LogP contribution in [0.15, 0.2) is 48.5 Å². The topological polar surface area (TPSA) is 79.2 Å². The first-order valence-electron chi connectivity index (χ1n) is 8.04. The quantitative estimate of drug-likeness (QED) is 0.818. The molecule has 2 aromatic carbocycles. The number of nitrogens with zero attached hydrogens (tertiary/aromatic N) is 1. The molecule has 2 rings (SSSR count). The molecule has 25 heavy (non-hydrogen) atoms. The highest BCUT2D eigenvalue weighted by Crippen LogP contribution is 2.11. The van der Waals surface area contributed by atoms with Crippen molar-refractivity contribution in [2.75, 3.05) is 11.9 Å². The number of ether oxygens (including phenoxy) is 1. The summed E-state index contributed by atoms with van der Waals surface area (Å²) in [6.45, 7) is 3.90. The minimum absolute atomic E-state index is 0.368. The average Bonchev–Trinajstić information content (AvgIpc) is 2.60. The molecule has 0 fully saturated rings. The molecule has 0 atom stereocenters. The maximum absolute atomic E-state index is 12.0. The van der Waals surface area contributed by atoms with Crippen LogP contribution in [0.1, 0.15) is 35.3 Å². The Bertz CT molecular complexity index is 772. The van der Waals surface area contributed by atoms with Crippen LogP contribution < -0.4 is 5.32 Å². The molecule has 0 saturated carbocycles. The number of carbonyl (C=O) groups is 2. The first-order chi connectivity index (χ1) is 12.0. The zero-order chi connectivity index (χ0) is 18.2. The molecular formula is C20H20N2O3. The van der Waals surface area contributed by atoms with Crippen LogP contribution in [0.3, 0.4) is 0 Å². The number of nitrogens with one attached hydrogen (secondary N) is 1. The maximum Gasteiger partial charge on any atom is 0.338 e. The second-order valence-corrected chi connectivity index (χ2v) is 6.11. The van der Waals surface area contributed by atoms with Crippen LogP contribution in [0.5, 0.6) is 0 Å². The number of amides is 1. The van der Waals surface area contributed by atoms with E-state index >= 15 is 0 Å². The Morgan fingerprint density at radius 3 is 2.28 bits per heavy atom. The van der Waals surface area contributed by atoms with E-state index in [4.69, 9.17) is 10.00 Å². The van der Waals surface area contributed by atoms with Gasteiger partial charge in [0.05, 0.1) is 17.2 Å². The number of benzene rings is 2. The molecule has 0 aliphatic carbocycles. The van der Waals surface area contributed by atoms with E-state index in [-0.39, 0.29) is 6.61 Å². The predicted octanol–water partition coefficient (Wildman–Crippen LogP) is 3.55. The second kappa shape index (κ2) is 8.65. The minimum Gasteiger partial charge on any atom is -0.452 e. The molecule has 1 N–H and O–H groups in total. The van der Waals surface area contributed by atoms with E-state index in [2.05, 4.69) is 19.2 Å². The van der Waals surface area contributed by atoms with Crippen LogP contribution in [-0.4, -0.2) is 18.5 Å². The Kier molecular flexibility index (Phi) is 6.30. The molecule has 0 aliphatic heterocycles. The molecule has 128 valence electrons. The van der Waals surface area contributed by atoms with Gasteiger partial charge >= 0.3 is 5.97 Å². The van der Waals surface area contributed by atoms with Crippen molar-refractivity contribution in [1.82, 2.24) is 0 Å². The van der Waals surface area contributed by atoms with E-state index < -0.39 is 11.9 Å². The molecule has 5 heteroatoms. The SMILES string of the molecule is CC(C)Cc1ccc(C(=O)OCC(=O)Nc2ccc(C#N)cc2)cc1. The normalized spacial score (nSPS) is 10.2. The van der Waals surface area contributed by atoms with Gasteiger partial charge in [-0.05, 0) is 54.3 Å². The van der Waals surface area contributed by atoms with Crippen molar-refractivity contribution in [2.45, 2.75) is 20.3 Å². The van der Waals surface area contributed by atoms with Crippen molar-refractivity contribution in [3.8, 4) is 6.07 Å². The molecule has 0 saturated heterocycles. The van der Waals surface area contributed by atoms with Crippen LogP contribution in [0.2, 0.25) is 0 Å². The fourth-order valence-corrected chi connectivity index (χ4v) is 2.29. The lowest BCUT2D eigenvalue weighted by molar-refractivity contribution is -0.119. The molecule has 0 spiro atoms. The maximum atomic E-state index is 12.0.